The van der Waals surface area contributed by atoms with Crippen molar-refractivity contribution in [3.05, 3.63) is 0 Å². The summed E-state index contributed by atoms with van der Waals surface area (Å²) < 4.78 is 0. The van der Waals surface area contributed by atoms with E-state index in [1.54, 1.807) is 0 Å². The summed E-state index contributed by atoms with van der Waals surface area (Å²) >= 11 is 0. The summed E-state index contributed by atoms with van der Waals surface area (Å²) in [5, 5.41) is 0. The van der Waals surface area contributed by atoms with E-state index >= 15 is 0 Å². The molecule has 0 aromatic heterocycles. The van der Waals surface area contributed by atoms with Crippen molar-refractivity contribution in [3.8, 4) is 0 Å². The molecule has 0 aliphatic heterocycles. The third kappa shape index (κ3) is 0.593. The number of fused-ring (bicyclic) bond motifs is 1. The topological polar surface area (TPSA) is 0 Å². The van der Waals surface area contributed by atoms with Gasteiger partial charge in [0.1, 0.15) is 0 Å². The van der Waals surface area contributed by atoms with Crippen LogP contribution in [0, 0.1) is 27.6 Å². The van der Waals surface area contributed by atoms with Crippen molar-refractivity contribution in [1.82, 2.24) is 0 Å². The molecule has 0 nitrogen and oxygen atoms in total. The van der Waals surface area contributed by atoms with Gasteiger partial charge in [0.15, 0.2) is 0 Å². The molecule has 2 aliphatic carbocycles. The van der Waals surface area contributed by atoms with Crippen LogP contribution in [0.2, 0.25) is 0 Å². The van der Waals surface area contributed by atoms with E-state index in [0.717, 1.165) is 5.92 Å². The minimum atomic E-state index is 0.531. The van der Waals surface area contributed by atoms with Gasteiger partial charge in [-0.05, 0) is 34.0 Å². The van der Waals surface area contributed by atoms with Crippen molar-refractivity contribution in [1.29, 1.82) is 0 Å². The zero-order valence-corrected chi connectivity index (χ0v) is 10.3. The fourth-order valence-electron chi connectivity index (χ4n) is 5.28. The normalized spacial score (nSPS) is 56.1. The van der Waals surface area contributed by atoms with Gasteiger partial charge in [-0.25, -0.2) is 0 Å². The van der Waals surface area contributed by atoms with E-state index in [4.69, 9.17) is 0 Å². The monoisotopic (exact) mass is 180 g/mol. The summed E-state index contributed by atoms with van der Waals surface area (Å²) in [5.74, 6) is 0.887. The van der Waals surface area contributed by atoms with Gasteiger partial charge in [-0.1, -0.05) is 48.5 Å². The highest BCUT2D eigenvalue weighted by atomic mass is 14.8. The van der Waals surface area contributed by atoms with Crippen LogP contribution in [0.4, 0.5) is 0 Å². The Labute approximate surface area is 83.1 Å². The Balaban J connectivity index is 2.44. The average Bonchev–Trinajstić information content (AvgIpc) is 1.99. The highest BCUT2D eigenvalue weighted by molar-refractivity contribution is 5.28. The molecule has 0 aromatic rings. The van der Waals surface area contributed by atoms with E-state index < -0.39 is 0 Å². The zero-order valence-electron chi connectivity index (χ0n) is 10.3. The molecule has 2 fully saturated rings. The fourth-order valence-corrected chi connectivity index (χ4v) is 5.28. The molecule has 0 heteroatoms. The molecule has 3 unspecified atom stereocenters. The Morgan fingerprint density at radius 1 is 0.923 bits per heavy atom. The molecule has 0 aromatic carbocycles. The maximum atomic E-state index is 2.51. The van der Waals surface area contributed by atoms with E-state index in [2.05, 4.69) is 48.5 Å². The first-order valence-electron chi connectivity index (χ1n) is 5.61. The minimum absolute atomic E-state index is 0.531. The van der Waals surface area contributed by atoms with Crippen molar-refractivity contribution in [2.24, 2.45) is 27.6 Å². The number of hydrogen-bond donors (Lipinski definition) is 0. The van der Waals surface area contributed by atoms with Crippen molar-refractivity contribution in [3.63, 3.8) is 0 Å². The van der Waals surface area contributed by atoms with Gasteiger partial charge in [0, 0.05) is 0 Å². The van der Waals surface area contributed by atoms with Gasteiger partial charge in [-0.2, -0.15) is 0 Å². The zero-order chi connectivity index (χ0) is 10.3. The Morgan fingerprint density at radius 3 is 1.62 bits per heavy atom. The molecule has 2 aliphatic rings. The summed E-state index contributed by atoms with van der Waals surface area (Å²) in [6, 6.07) is 0. The van der Waals surface area contributed by atoms with E-state index in [9.17, 15) is 0 Å². The highest BCUT2D eigenvalue weighted by Crippen LogP contribution is 2.87. The highest BCUT2D eigenvalue weighted by Gasteiger charge is 2.81. The molecule has 0 amide bonds. The third-order valence-electron chi connectivity index (χ3n) is 6.63. The van der Waals surface area contributed by atoms with Crippen LogP contribution in [-0.2, 0) is 0 Å². The molecule has 0 N–H and O–H groups in total. The molecule has 2 saturated carbocycles. The average molecular weight is 180 g/mol. The molecule has 2 rings (SSSR count). The Kier molecular flexibility index (Phi) is 1.36. The fraction of sp³-hybridized carbons (Fsp3) is 1.00. The van der Waals surface area contributed by atoms with Gasteiger partial charge in [0.25, 0.3) is 0 Å². The van der Waals surface area contributed by atoms with Gasteiger partial charge in [-0.3, -0.25) is 0 Å². The van der Waals surface area contributed by atoms with E-state index in [1.165, 1.54) is 6.42 Å². The maximum Gasteiger partial charge on any atom is -0.0164 e. The molecule has 3 atom stereocenters. The molecular formula is C13H24. The third-order valence-corrected chi connectivity index (χ3v) is 6.63. The minimum Gasteiger partial charge on any atom is -0.0614 e. The number of rotatable bonds is 0. The smallest absolute Gasteiger partial charge is 0.0164 e. The largest absolute Gasteiger partial charge is 0.0614 e. The molecule has 13 heavy (non-hydrogen) atoms. The van der Waals surface area contributed by atoms with Crippen LogP contribution in [0.5, 0.6) is 0 Å². The molecule has 0 spiro atoms. The number of hydrogen-bond acceptors (Lipinski definition) is 0. The lowest BCUT2D eigenvalue weighted by atomic mass is 9.18. The molecule has 76 valence electrons. The summed E-state index contributed by atoms with van der Waals surface area (Å²) in [7, 11) is 0. The lowest BCUT2D eigenvalue weighted by Gasteiger charge is -2.86. The van der Waals surface area contributed by atoms with Crippen LogP contribution in [0.1, 0.15) is 54.9 Å². The molecule has 0 bridgehead atoms. The summed E-state index contributed by atoms with van der Waals surface area (Å²) in [5.41, 5.74) is 2.27. The van der Waals surface area contributed by atoms with Gasteiger partial charge in [0.2, 0.25) is 0 Å². The first-order chi connectivity index (χ1) is 5.61. The van der Waals surface area contributed by atoms with Gasteiger partial charge in [0.05, 0.1) is 0 Å². The van der Waals surface area contributed by atoms with Crippen molar-refractivity contribution in [2.45, 2.75) is 54.9 Å². The van der Waals surface area contributed by atoms with Crippen LogP contribution < -0.4 is 0 Å². The van der Waals surface area contributed by atoms with Gasteiger partial charge in [-0.15, -0.1) is 0 Å². The van der Waals surface area contributed by atoms with Gasteiger partial charge < -0.3 is 0 Å². The van der Waals surface area contributed by atoms with Crippen LogP contribution in [0.25, 0.3) is 0 Å². The Bertz CT molecular complexity index is 248. The van der Waals surface area contributed by atoms with Crippen molar-refractivity contribution >= 4 is 0 Å². The first-order valence-corrected chi connectivity index (χ1v) is 5.61. The second-order valence-corrected chi connectivity index (χ2v) is 7.05. The molecule has 0 heterocycles. The summed E-state index contributed by atoms with van der Waals surface area (Å²) in [6.45, 7) is 17.3. The SMILES string of the molecule is CC1C(C)(C)C2(C)C(C)(C)CC12C. The molecular weight excluding hydrogens is 156 g/mol. The summed E-state index contributed by atoms with van der Waals surface area (Å²) in [4.78, 5) is 0. The lowest BCUT2D eigenvalue weighted by molar-refractivity contribution is -0.379. The van der Waals surface area contributed by atoms with Crippen LogP contribution in [0.3, 0.4) is 0 Å². The second kappa shape index (κ2) is 1.85. The Morgan fingerprint density at radius 2 is 1.38 bits per heavy atom. The maximum absolute atomic E-state index is 2.51. The van der Waals surface area contributed by atoms with Crippen molar-refractivity contribution < 1.29 is 0 Å². The van der Waals surface area contributed by atoms with Crippen molar-refractivity contribution in [2.75, 3.05) is 0 Å². The first kappa shape index (κ1) is 9.55. The van der Waals surface area contributed by atoms with E-state index in [1.807, 2.05) is 0 Å². The Hall–Kier alpha value is 0. The van der Waals surface area contributed by atoms with Crippen LogP contribution in [0.15, 0.2) is 0 Å². The quantitative estimate of drug-likeness (QED) is 0.526. The van der Waals surface area contributed by atoms with E-state index in [-0.39, 0.29) is 0 Å². The molecule has 0 saturated heterocycles. The lowest BCUT2D eigenvalue weighted by Crippen LogP contribution is -2.80. The predicted octanol–water partition coefficient (Wildman–Crippen LogP) is 4.10. The van der Waals surface area contributed by atoms with Crippen LogP contribution >= 0.6 is 0 Å². The van der Waals surface area contributed by atoms with E-state index in [0.29, 0.717) is 21.7 Å². The summed E-state index contributed by atoms with van der Waals surface area (Å²) in [6.07, 6.45) is 1.42. The second-order valence-electron chi connectivity index (χ2n) is 7.05. The van der Waals surface area contributed by atoms with Crippen LogP contribution in [-0.4, -0.2) is 0 Å². The van der Waals surface area contributed by atoms with Gasteiger partial charge >= 0.3 is 0 Å². The standard InChI is InChI=1S/C13H24/c1-9-11(4,5)13(7)10(2,3)8-12(9,13)6/h9H,8H2,1-7H3. The predicted molar refractivity (Wildman–Crippen MR) is 57.6 cm³/mol. The molecule has 0 radical (unpaired) electrons.